The van der Waals surface area contributed by atoms with Crippen molar-refractivity contribution in [3.63, 3.8) is 0 Å². The molecule has 2 aromatic carbocycles. The van der Waals surface area contributed by atoms with Crippen molar-refractivity contribution in [2.45, 2.75) is 31.3 Å². The number of amides is 1. The lowest BCUT2D eigenvalue weighted by atomic mass is 10.0. The van der Waals surface area contributed by atoms with Crippen LogP contribution in [0.25, 0.3) is 0 Å². The fourth-order valence-corrected chi connectivity index (χ4v) is 2.96. The molecule has 1 aliphatic carbocycles. The zero-order valence-electron chi connectivity index (χ0n) is 13.9. The van der Waals surface area contributed by atoms with Crippen molar-refractivity contribution in [2.24, 2.45) is 11.7 Å². The van der Waals surface area contributed by atoms with E-state index in [0.717, 1.165) is 29.7 Å². The number of nitrogens with two attached hydrogens (primary N) is 1. The van der Waals surface area contributed by atoms with Gasteiger partial charge in [-0.15, -0.1) is 0 Å². The van der Waals surface area contributed by atoms with Crippen LogP contribution in [-0.4, -0.2) is 13.0 Å². The molecule has 3 N–H and O–H groups in total. The average molecular weight is 324 g/mol. The van der Waals surface area contributed by atoms with Crippen LogP contribution in [0.3, 0.4) is 0 Å². The van der Waals surface area contributed by atoms with Gasteiger partial charge in [0.2, 0.25) is 5.91 Å². The topological polar surface area (TPSA) is 64.3 Å². The van der Waals surface area contributed by atoms with Crippen molar-refractivity contribution >= 4 is 5.91 Å². The van der Waals surface area contributed by atoms with Crippen LogP contribution < -0.4 is 15.8 Å². The van der Waals surface area contributed by atoms with E-state index in [0.29, 0.717) is 12.3 Å². The molecule has 4 heteroatoms. The highest BCUT2D eigenvalue weighted by Crippen LogP contribution is 2.41. The zero-order chi connectivity index (χ0) is 16.9. The molecule has 3 rings (SSSR count). The van der Waals surface area contributed by atoms with Crippen molar-refractivity contribution in [1.29, 1.82) is 0 Å². The lowest BCUT2D eigenvalue weighted by Gasteiger charge is -2.20. The maximum Gasteiger partial charge on any atom is 0.222 e. The van der Waals surface area contributed by atoms with E-state index < -0.39 is 0 Å². The first-order valence-electron chi connectivity index (χ1n) is 8.41. The molecule has 24 heavy (non-hydrogen) atoms. The number of hydrogen-bond acceptors (Lipinski definition) is 3. The van der Waals surface area contributed by atoms with Gasteiger partial charge in [0.15, 0.2) is 0 Å². The Balaban J connectivity index is 1.63. The Morgan fingerprint density at radius 3 is 2.38 bits per heavy atom. The van der Waals surface area contributed by atoms with E-state index >= 15 is 0 Å². The summed E-state index contributed by atoms with van der Waals surface area (Å²) in [6.07, 6.45) is 2.60. The van der Waals surface area contributed by atoms with Gasteiger partial charge in [0.1, 0.15) is 5.75 Å². The maximum atomic E-state index is 12.5. The Kier molecular flexibility index (Phi) is 5.16. The molecule has 2 aromatic rings. The standard InChI is InChI=1S/C20H24N2O2/c1-24-17-11-9-16(10-12-17)20(15-7-8-15)22-19(23)13-18(21)14-5-3-2-4-6-14/h2-6,9-12,15,18,20H,7-8,13,21H2,1H3,(H,22,23). The van der Waals surface area contributed by atoms with Gasteiger partial charge in [-0.25, -0.2) is 0 Å². The van der Waals surface area contributed by atoms with E-state index in [2.05, 4.69) is 5.32 Å². The van der Waals surface area contributed by atoms with Crippen LogP contribution in [-0.2, 0) is 4.79 Å². The predicted octanol–water partition coefficient (Wildman–Crippen LogP) is 3.35. The third-order valence-corrected chi connectivity index (χ3v) is 4.52. The number of benzene rings is 2. The summed E-state index contributed by atoms with van der Waals surface area (Å²) in [6, 6.07) is 17.5. The van der Waals surface area contributed by atoms with Gasteiger partial charge in [-0.2, -0.15) is 0 Å². The van der Waals surface area contributed by atoms with Gasteiger partial charge in [0.25, 0.3) is 0 Å². The molecule has 1 aliphatic rings. The van der Waals surface area contributed by atoms with Gasteiger partial charge in [0, 0.05) is 12.5 Å². The van der Waals surface area contributed by atoms with Crippen LogP contribution in [0.5, 0.6) is 5.75 Å². The molecule has 0 radical (unpaired) electrons. The molecule has 4 nitrogen and oxygen atoms in total. The van der Waals surface area contributed by atoms with Crippen molar-refractivity contribution in [1.82, 2.24) is 5.32 Å². The number of carbonyl (C=O) groups is 1. The molecule has 1 amide bonds. The SMILES string of the molecule is COc1ccc(C(NC(=O)CC(N)c2ccccc2)C2CC2)cc1. The second kappa shape index (κ2) is 7.49. The lowest BCUT2D eigenvalue weighted by molar-refractivity contribution is -0.122. The third-order valence-electron chi connectivity index (χ3n) is 4.52. The van der Waals surface area contributed by atoms with Crippen LogP contribution in [0.4, 0.5) is 0 Å². The maximum absolute atomic E-state index is 12.5. The van der Waals surface area contributed by atoms with Gasteiger partial charge in [0.05, 0.1) is 13.2 Å². The Morgan fingerprint density at radius 1 is 1.12 bits per heavy atom. The molecule has 1 saturated carbocycles. The fourth-order valence-electron chi connectivity index (χ4n) is 2.96. The summed E-state index contributed by atoms with van der Waals surface area (Å²) in [5, 5.41) is 3.17. The minimum absolute atomic E-state index is 0.000860. The summed E-state index contributed by atoms with van der Waals surface area (Å²) in [5.74, 6) is 1.35. The molecule has 0 heterocycles. The highest BCUT2D eigenvalue weighted by Gasteiger charge is 2.33. The third kappa shape index (κ3) is 4.15. The van der Waals surface area contributed by atoms with Crippen molar-refractivity contribution in [3.05, 3.63) is 65.7 Å². The highest BCUT2D eigenvalue weighted by atomic mass is 16.5. The Hall–Kier alpha value is -2.33. The smallest absolute Gasteiger partial charge is 0.222 e. The normalized spacial score (nSPS) is 16.2. The van der Waals surface area contributed by atoms with E-state index in [-0.39, 0.29) is 18.0 Å². The summed E-state index contributed by atoms with van der Waals surface area (Å²) < 4.78 is 5.20. The quantitative estimate of drug-likeness (QED) is 0.821. The first-order valence-corrected chi connectivity index (χ1v) is 8.41. The summed E-state index contributed by atoms with van der Waals surface area (Å²) in [5.41, 5.74) is 8.27. The summed E-state index contributed by atoms with van der Waals surface area (Å²) in [6.45, 7) is 0. The van der Waals surface area contributed by atoms with Gasteiger partial charge in [-0.3, -0.25) is 4.79 Å². The number of ether oxygens (including phenoxy) is 1. The fraction of sp³-hybridized carbons (Fsp3) is 0.350. The first-order chi connectivity index (χ1) is 11.7. The number of rotatable bonds is 7. The van der Waals surface area contributed by atoms with Crippen LogP contribution >= 0.6 is 0 Å². The van der Waals surface area contributed by atoms with Crippen LogP contribution in [0.1, 0.15) is 42.5 Å². The van der Waals surface area contributed by atoms with E-state index in [4.69, 9.17) is 10.5 Å². The Bertz CT molecular complexity index is 666. The van der Waals surface area contributed by atoms with Gasteiger partial charge >= 0.3 is 0 Å². The van der Waals surface area contributed by atoms with Crippen molar-refractivity contribution in [2.75, 3.05) is 7.11 Å². The lowest BCUT2D eigenvalue weighted by Crippen LogP contribution is -2.32. The molecule has 0 spiro atoms. The number of hydrogen-bond donors (Lipinski definition) is 2. The van der Waals surface area contributed by atoms with Crippen LogP contribution in [0.15, 0.2) is 54.6 Å². The molecular formula is C20H24N2O2. The summed E-state index contributed by atoms with van der Waals surface area (Å²) in [4.78, 5) is 12.5. The molecule has 126 valence electrons. The second-order valence-electron chi connectivity index (χ2n) is 6.38. The van der Waals surface area contributed by atoms with E-state index in [1.807, 2.05) is 54.6 Å². The Morgan fingerprint density at radius 2 is 1.79 bits per heavy atom. The largest absolute Gasteiger partial charge is 0.497 e. The first kappa shape index (κ1) is 16.5. The highest BCUT2D eigenvalue weighted by molar-refractivity contribution is 5.77. The summed E-state index contributed by atoms with van der Waals surface area (Å²) in [7, 11) is 1.65. The molecule has 0 aromatic heterocycles. The molecule has 2 atom stereocenters. The second-order valence-corrected chi connectivity index (χ2v) is 6.38. The number of methoxy groups -OCH3 is 1. The summed E-state index contributed by atoms with van der Waals surface area (Å²) >= 11 is 0. The number of nitrogens with one attached hydrogen (secondary N) is 1. The zero-order valence-corrected chi connectivity index (χ0v) is 13.9. The van der Waals surface area contributed by atoms with Crippen molar-refractivity contribution in [3.8, 4) is 5.75 Å². The predicted molar refractivity (Wildman–Crippen MR) is 94.6 cm³/mol. The van der Waals surface area contributed by atoms with Gasteiger partial charge < -0.3 is 15.8 Å². The Labute approximate surface area is 143 Å². The minimum Gasteiger partial charge on any atom is -0.497 e. The minimum atomic E-state index is -0.276. The van der Waals surface area contributed by atoms with E-state index in [9.17, 15) is 4.79 Å². The average Bonchev–Trinajstić information content (AvgIpc) is 3.45. The molecule has 0 aliphatic heterocycles. The monoisotopic (exact) mass is 324 g/mol. The molecule has 1 fully saturated rings. The van der Waals surface area contributed by atoms with E-state index in [1.165, 1.54) is 0 Å². The molecule has 2 unspecified atom stereocenters. The molecular weight excluding hydrogens is 300 g/mol. The molecule has 0 bridgehead atoms. The molecule has 0 saturated heterocycles. The van der Waals surface area contributed by atoms with Gasteiger partial charge in [-0.1, -0.05) is 42.5 Å². The van der Waals surface area contributed by atoms with Gasteiger partial charge in [-0.05, 0) is 42.0 Å². The van der Waals surface area contributed by atoms with E-state index in [1.54, 1.807) is 7.11 Å². The number of carbonyl (C=O) groups excluding carboxylic acids is 1. The van der Waals surface area contributed by atoms with Crippen molar-refractivity contribution < 1.29 is 9.53 Å². The van der Waals surface area contributed by atoms with Crippen LogP contribution in [0.2, 0.25) is 0 Å². The van der Waals surface area contributed by atoms with Crippen LogP contribution in [0, 0.1) is 5.92 Å².